The molecule has 0 spiro atoms. The number of hydrogen-bond donors (Lipinski definition) is 0. The number of thioether (sulfide) groups is 1. The van der Waals surface area contributed by atoms with Crippen molar-refractivity contribution in [1.29, 1.82) is 0 Å². The summed E-state index contributed by atoms with van der Waals surface area (Å²) in [5.41, 5.74) is 0.685. The van der Waals surface area contributed by atoms with Crippen LogP contribution in [0, 0.1) is 10.1 Å². The second-order valence-corrected chi connectivity index (χ2v) is 11.7. The van der Waals surface area contributed by atoms with E-state index in [1.54, 1.807) is 18.2 Å². The van der Waals surface area contributed by atoms with E-state index in [0.29, 0.717) is 21.2 Å². The number of rotatable bonds is 7. The Morgan fingerprint density at radius 3 is 2.30 bits per heavy atom. The van der Waals surface area contributed by atoms with E-state index in [1.807, 2.05) is 0 Å². The van der Waals surface area contributed by atoms with E-state index in [-0.39, 0.29) is 32.3 Å². The lowest BCUT2D eigenvalue weighted by molar-refractivity contribution is -0.384. The average molecular weight is 644 g/mol. The van der Waals surface area contributed by atoms with Crippen LogP contribution in [0.3, 0.4) is 0 Å². The molecule has 0 radical (unpaired) electrons. The molecule has 0 saturated carbocycles. The number of amides is 2. The topological polar surface area (TPSA) is 124 Å². The van der Waals surface area contributed by atoms with Crippen LogP contribution >= 0.6 is 50.9 Å². The number of nitro benzene ring substituents is 1. The number of carbonyl (C=O) groups excluding carboxylic acids is 2. The number of imide groups is 1. The second-order valence-electron chi connectivity index (χ2n) is 7.45. The molecule has 2 amide bonds. The molecule has 1 aliphatic heterocycles. The van der Waals surface area contributed by atoms with Gasteiger partial charge in [0.05, 0.1) is 20.8 Å². The van der Waals surface area contributed by atoms with E-state index in [2.05, 4.69) is 15.9 Å². The third-order valence-electron chi connectivity index (χ3n) is 5.04. The van der Waals surface area contributed by atoms with Crippen molar-refractivity contribution in [2.75, 3.05) is 0 Å². The third kappa shape index (κ3) is 5.99. The number of halogens is 3. The predicted octanol–water partition coefficient (Wildman–Crippen LogP) is 6.67. The summed E-state index contributed by atoms with van der Waals surface area (Å²) in [5, 5.41) is 11.0. The molecule has 0 atom stereocenters. The molecule has 190 valence electrons. The first-order chi connectivity index (χ1) is 17.5. The zero-order chi connectivity index (χ0) is 26.9. The first kappa shape index (κ1) is 27.1. The highest BCUT2D eigenvalue weighted by Crippen LogP contribution is 2.37. The number of carbonyl (C=O) groups is 2. The van der Waals surface area contributed by atoms with Crippen molar-refractivity contribution in [2.45, 2.75) is 11.4 Å². The van der Waals surface area contributed by atoms with E-state index < -0.39 is 26.2 Å². The van der Waals surface area contributed by atoms with Gasteiger partial charge in [0.25, 0.3) is 16.8 Å². The van der Waals surface area contributed by atoms with Crippen LogP contribution in [0.25, 0.3) is 6.08 Å². The molecule has 4 rings (SSSR count). The van der Waals surface area contributed by atoms with E-state index in [9.17, 15) is 28.1 Å². The Kier molecular flexibility index (Phi) is 7.95. The van der Waals surface area contributed by atoms with E-state index in [1.165, 1.54) is 24.3 Å². The molecule has 3 aromatic rings. The lowest BCUT2D eigenvalue weighted by atomic mass is 10.2. The number of nitrogens with zero attached hydrogens (tertiary/aromatic N) is 2. The van der Waals surface area contributed by atoms with Crippen LogP contribution in [-0.4, -0.2) is 29.4 Å². The zero-order valence-electron chi connectivity index (χ0n) is 18.3. The molecule has 1 heterocycles. The number of non-ortho nitro benzene ring substituents is 1. The summed E-state index contributed by atoms with van der Waals surface area (Å²) in [6.07, 6.45) is 1.48. The first-order valence-corrected chi connectivity index (χ1v) is 13.9. The molecule has 0 aromatic heterocycles. The van der Waals surface area contributed by atoms with E-state index in [4.69, 9.17) is 27.4 Å². The molecule has 0 unspecified atom stereocenters. The monoisotopic (exact) mass is 642 g/mol. The summed E-state index contributed by atoms with van der Waals surface area (Å²) in [7, 11) is -4.27. The van der Waals surface area contributed by atoms with Crippen molar-refractivity contribution in [3.63, 3.8) is 0 Å². The molecule has 1 aliphatic rings. The van der Waals surface area contributed by atoms with Crippen LogP contribution in [0.1, 0.15) is 11.1 Å². The van der Waals surface area contributed by atoms with Gasteiger partial charge in [-0.1, -0.05) is 35.3 Å². The summed E-state index contributed by atoms with van der Waals surface area (Å²) >= 11 is 16.3. The molecular formula is C23H13BrCl2N2O7S2. The lowest BCUT2D eigenvalue weighted by Crippen LogP contribution is -2.27. The Morgan fingerprint density at radius 1 is 1.05 bits per heavy atom. The van der Waals surface area contributed by atoms with Gasteiger partial charge < -0.3 is 4.18 Å². The highest BCUT2D eigenvalue weighted by Gasteiger charge is 2.35. The van der Waals surface area contributed by atoms with Gasteiger partial charge in [0.2, 0.25) is 0 Å². The van der Waals surface area contributed by atoms with Crippen molar-refractivity contribution in [3.05, 3.63) is 101 Å². The Morgan fingerprint density at radius 2 is 1.70 bits per heavy atom. The van der Waals surface area contributed by atoms with Gasteiger partial charge in [-0.2, -0.15) is 8.42 Å². The minimum absolute atomic E-state index is 0.0445. The zero-order valence-corrected chi connectivity index (χ0v) is 23.0. The second kappa shape index (κ2) is 10.8. The molecule has 37 heavy (non-hydrogen) atoms. The van der Waals surface area contributed by atoms with Crippen molar-refractivity contribution in [1.82, 2.24) is 4.90 Å². The summed E-state index contributed by atoms with van der Waals surface area (Å²) < 4.78 is 30.6. The van der Waals surface area contributed by atoms with E-state index >= 15 is 0 Å². The quantitative estimate of drug-likeness (QED) is 0.121. The van der Waals surface area contributed by atoms with Gasteiger partial charge in [-0.15, -0.1) is 0 Å². The van der Waals surface area contributed by atoms with Crippen molar-refractivity contribution in [2.24, 2.45) is 0 Å². The number of benzene rings is 3. The maximum Gasteiger partial charge on any atom is 0.339 e. The molecular weight excluding hydrogens is 631 g/mol. The molecule has 14 heteroatoms. The normalized spacial score (nSPS) is 14.9. The fraction of sp³-hybridized carbons (Fsp3) is 0.0435. The Hall–Kier alpha value is -2.90. The van der Waals surface area contributed by atoms with Crippen LogP contribution in [0.5, 0.6) is 5.75 Å². The standard InChI is InChI=1S/C23H13BrCl2N2O7S2/c24-17-10-13(4-9-20(17)35-37(33,34)15-7-5-14(6-8-15)28(31)32)11-21-22(29)27(23(30)36-21)12-16-18(25)2-1-3-19(16)26/h1-11H,12H2/b21-11-. The van der Waals surface area contributed by atoms with Gasteiger partial charge in [0, 0.05) is 27.7 Å². The Labute approximate surface area is 233 Å². The summed E-state index contributed by atoms with van der Waals surface area (Å²) in [4.78, 5) is 36.4. The maximum absolute atomic E-state index is 12.9. The highest BCUT2D eigenvalue weighted by atomic mass is 79.9. The van der Waals surface area contributed by atoms with Crippen LogP contribution < -0.4 is 4.18 Å². The van der Waals surface area contributed by atoms with Crippen molar-refractivity contribution >= 4 is 83.9 Å². The summed E-state index contributed by atoms with van der Waals surface area (Å²) in [6, 6.07) is 13.5. The third-order valence-corrected chi connectivity index (χ3v) is 8.52. The summed E-state index contributed by atoms with van der Waals surface area (Å²) in [6.45, 7) is -0.0858. The largest absolute Gasteiger partial charge is 0.378 e. The van der Waals surface area contributed by atoms with Crippen LogP contribution in [0.15, 0.2) is 74.9 Å². The van der Waals surface area contributed by atoms with Crippen LogP contribution in [0.2, 0.25) is 10.0 Å². The van der Waals surface area contributed by atoms with Crippen molar-refractivity contribution in [3.8, 4) is 5.75 Å². The van der Waals surface area contributed by atoms with E-state index in [0.717, 1.165) is 40.9 Å². The molecule has 0 N–H and O–H groups in total. The molecule has 1 saturated heterocycles. The molecule has 0 aliphatic carbocycles. The smallest absolute Gasteiger partial charge is 0.339 e. The van der Waals surface area contributed by atoms with Gasteiger partial charge in [0.15, 0.2) is 5.75 Å². The Balaban J connectivity index is 1.52. The molecule has 1 fully saturated rings. The minimum atomic E-state index is -4.27. The molecule has 3 aromatic carbocycles. The number of hydrogen-bond acceptors (Lipinski definition) is 8. The van der Waals surface area contributed by atoms with Crippen LogP contribution in [-0.2, 0) is 21.5 Å². The SMILES string of the molecule is O=C1S/C(=C\c2ccc(OS(=O)(=O)c3ccc([N+](=O)[O-])cc3)c(Br)c2)C(=O)N1Cc1c(Cl)cccc1Cl. The lowest BCUT2D eigenvalue weighted by Gasteiger charge is -2.14. The predicted molar refractivity (Wildman–Crippen MR) is 143 cm³/mol. The highest BCUT2D eigenvalue weighted by molar-refractivity contribution is 9.10. The number of nitro groups is 1. The van der Waals surface area contributed by atoms with Gasteiger partial charge in [-0.05, 0) is 75.7 Å². The van der Waals surface area contributed by atoms with Gasteiger partial charge in [0.1, 0.15) is 4.90 Å². The molecule has 0 bridgehead atoms. The first-order valence-electron chi connectivity index (χ1n) is 10.1. The summed E-state index contributed by atoms with van der Waals surface area (Å²) in [5.74, 6) is -0.569. The van der Waals surface area contributed by atoms with Crippen molar-refractivity contribution < 1.29 is 27.1 Å². The fourth-order valence-electron chi connectivity index (χ4n) is 3.20. The van der Waals surface area contributed by atoms with Gasteiger partial charge >= 0.3 is 10.1 Å². The Bertz CT molecular complexity index is 1560. The molecule has 9 nitrogen and oxygen atoms in total. The van der Waals surface area contributed by atoms with Gasteiger partial charge in [-0.25, -0.2) is 0 Å². The average Bonchev–Trinajstić information content (AvgIpc) is 3.10. The fourth-order valence-corrected chi connectivity index (χ4v) is 6.09. The maximum atomic E-state index is 12.9. The minimum Gasteiger partial charge on any atom is -0.378 e. The van der Waals surface area contributed by atoms with Crippen LogP contribution in [0.4, 0.5) is 10.5 Å². The van der Waals surface area contributed by atoms with Gasteiger partial charge in [-0.3, -0.25) is 24.6 Å².